The third-order valence-corrected chi connectivity index (χ3v) is 4.15. The van der Waals surface area contributed by atoms with Crippen molar-refractivity contribution in [3.8, 4) is 0 Å². The molecule has 0 spiro atoms. The fourth-order valence-electron chi connectivity index (χ4n) is 2.21. The van der Waals surface area contributed by atoms with E-state index in [1.807, 2.05) is 0 Å². The van der Waals surface area contributed by atoms with Gasteiger partial charge in [0.1, 0.15) is 9.34 Å². The van der Waals surface area contributed by atoms with Crippen LogP contribution in [0.15, 0.2) is 6.20 Å². The van der Waals surface area contributed by atoms with Gasteiger partial charge in [-0.1, -0.05) is 25.4 Å². The fourth-order valence-corrected chi connectivity index (χ4v) is 3.12. The zero-order valence-electron chi connectivity index (χ0n) is 9.22. The Morgan fingerprint density at radius 1 is 1.67 bits per heavy atom. The van der Waals surface area contributed by atoms with E-state index in [0.29, 0.717) is 11.5 Å². The van der Waals surface area contributed by atoms with Crippen molar-refractivity contribution in [1.29, 1.82) is 0 Å². The fraction of sp³-hybridized carbons (Fsp3) is 0.727. The van der Waals surface area contributed by atoms with Crippen LogP contribution in [0.4, 0.5) is 0 Å². The van der Waals surface area contributed by atoms with Crippen molar-refractivity contribution in [1.82, 2.24) is 10.3 Å². The molecule has 1 aromatic rings. The van der Waals surface area contributed by atoms with Crippen LogP contribution in [-0.2, 0) is 6.54 Å². The monoisotopic (exact) mass is 244 g/mol. The molecular weight excluding hydrogens is 228 g/mol. The van der Waals surface area contributed by atoms with Crippen LogP contribution in [0.1, 0.15) is 38.1 Å². The van der Waals surface area contributed by atoms with E-state index in [1.54, 1.807) is 17.5 Å². The molecule has 1 aromatic heterocycles. The summed E-state index contributed by atoms with van der Waals surface area (Å²) in [6, 6.07) is 0.655. The van der Waals surface area contributed by atoms with Crippen molar-refractivity contribution in [2.75, 3.05) is 0 Å². The molecule has 0 amide bonds. The van der Waals surface area contributed by atoms with Crippen molar-refractivity contribution >= 4 is 22.9 Å². The Kier molecular flexibility index (Phi) is 3.33. The number of thiazole rings is 1. The summed E-state index contributed by atoms with van der Waals surface area (Å²) >= 11 is 7.39. The number of aromatic nitrogens is 1. The number of rotatable bonds is 3. The Hall–Kier alpha value is -0.120. The summed E-state index contributed by atoms with van der Waals surface area (Å²) in [6.45, 7) is 5.54. The van der Waals surface area contributed by atoms with Crippen LogP contribution < -0.4 is 5.32 Å². The molecular formula is C11H17ClN2S. The Bertz CT molecular complexity index is 335. The Morgan fingerprint density at radius 2 is 2.47 bits per heavy atom. The normalized spacial score (nSPS) is 24.6. The van der Waals surface area contributed by atoms with Crippen molar-refractivity contribution in [3.05, 3.63) is 15.5 Å². The molecule has 0 bridgehead atoms. The third-order valence-electron chi connectivity index (χ3n) is 3.04. The molecule has 15 heavy (non-hydrogen) atoms. The lowest BCUT2D eigenvalue weighted by molar-refractivity contribution is 0.364. The van der Waals surface area contributed by atoms with Crippen LogP contribution in [0.2, 0.25) is 4.34 Å². The molecule has 84 valence electrons. The lowest BCUT2D eigenvalue weighted by atomic mass is 9.92. The Labute approximate surface area is 100 Å². The second-order valence-corrected chi connectivity index (χ2v) is 6.79. The minimum absolute atomic E-state index is 0.512. The molecule has 1 heterocycles. The molecule has 0 radical (unpaired) electrons. The Morgan fingerprint density at radius 3 is 3.00 bits per heavy atom. The van der Waals surface area contributed by atoms with Crippen molar-refractivity contribution in [2.24, 2.45) is 5.41 Å². The van der Waals surface area contributed by atoms with Crippen molar-refractivity contribution in [3.63, 3.8) is 0 Å². The molecule has 0 aliphatic heterocycles. The maximum Gasteiger partial charge on any atom is 0.113 e. The topological polar surface area (TPSA) is 24.9 Å². The zero-order chi connectivity index (χ0) is 10.9. The molecule has 0 saturated heterocycles. The van der Waals surface area contributed by atoms with Crippen molar-refractivity contribution < 1.29 is 0 Å². The molecule has 2 nitrogen and oxygen atoms in total. The summed E-state index contributed by atoms with van der Waals surface area (Å²) in [6.07, 6.45) is 5.60. The van der Waals surface area contributed by atoms with Gasteiger partial charge in [0.15, 0.2) is 0 Å². The van der Waals surface area contributed by atoms with E-state index in [1.165, 1.54) is 19.3 Å². The lowest BCUT2D eigenvalue weighted by Crippen LogP contribution is -2.26. The summed E-state index contributed by atoms with van der Waals surface area (Å²) in [5, 5.41) is 4.64. The second-order valence-electron chi connectivity index (χ2n) is 5.04. The second kappa shape index (κ2) is 4.40. The van der Waals surface area contributed by atoms with E-state index >= 15 is 0 Å². The summed E-state index contributed by atoms with van der Waals surface area (Å²) in [5.74, 6) is 0. The number of nitrogens with one attached hydrogen (secondary N) is 1. The quantitative estimate of drug-likeness (QED) is 0.881. The lowest BCUT2D eigenvalue weighted by Gasteiger charge is -2.17. The average Bonchev–Trinajstić information content (AvgIpc) is 2.69. The van der Waals surface area contributed by atoms with Gasteiger partial charge in [-0.05, 0) is 24.7 Å². The average molecular weight is 245 g/mol. The van der Waals surface area contributed by atoms with E-state index in [0.717, 1.165) is 15.9 Å². The highest BCUT2D eigenvalue weighted by molar-refractivity contribution is 7.15. The van der Waals surface area contributed by atoms with Gasteiger partial charge in [0.25, 0.3) is 0 Å². The van der Waals surface area contributed by atoms with Crippen LogP contribution >= 0.6 is 22.9 Å². The summed E-state index contributed by atoms with van der Waals surface area (Å²) < 4.78 is 0.776. The van der Waals surface area contributed by atoms with Gasteiger partial charge in [-0.25, -0.2) is 4.98 Å². The largest absolute Gasteiger partial charge is 0.308 e. The third kappa shape index (κ3) is 3.16. The smallest absolute Gasteiger partial charge is 0.113 e. The van der Waals surface area contributed by atoms with Gasteiger partial charge < -0.3 is 5.32 Å². The van der Waals surface area contributed by atoms with E-state index in [2.05, 4.69) is 24.1 Å². The minimum atomic E-state index is 0.512. The molecule has 1 saturated carbocycles. The van der Waals surface area contributed by atoms with E-state index < -0.39 is 0 Å². The molecule has 1 aliphatic rings. The van der Waals surface area contributed by atoms with Gasteiger partial charge in [-0.3, -0.25) is 0 Å². The van der Waals surface area contributed by atoms with E-state index in [4.69, 9.17) is 11.6 Å². The number of nitrogens with zero attached hydrogens (tertiary/aromatic N) is 1. The van der Waals surface area contributed by atoms with E-state index in [-0.39, 0.29) is 0 Å². The van der Waals surface area contributed by atoms with Gasteiger partial charge in [0.2, 0.25) is 0 Å². The van der Waals surface area contributed by atoms with Crippen LogP contribution in [-0.4, -0.2) is 11.0 Å². The molecule has 2 rings (SSSR count). The van der Waals surface area contributed by atoms with Crippen LogP contribution in [0.3, 0.4) is 0 Å². The molecule has 1 atom stereocenters. The van der Waals surface area contributed by atoms with Gasteiger partial charge >= 0.3 is 0 Å². The SMILES string of the molecule is CC1(C)CCC(NCc2ncc(Cl)s2)C1. The zero-order valence-corrected chi connectivity index (χ0v) is 10.8. The van der Waals surface area contributed by atoms with Crippen LogP contribution in [0.5, 0.6) is 0 Å². The van der Waals surface area contributed by atoms with E-state index in [9.17, 15) is 0 Å². The van der Waals surface area contributed by atoms with Gasteiger partial charge in [-0.2, -0.15) is 0 Å². The number of hydrogen-bond donors (Lipinski definition) is 1. The first-order valence-corrected chi connectivity index (χ1v) is 6.58. The highest BCUT2D eigenvalue weighted by atomic mass is 35.5. The highest BCUT2D eigenvalue weighted by Gasteiger charge is 2.30. The predicted octanol–water partition coefficient (Wildman–Crippen LogP) is 3.46. The molecule has 1 unspecified atom stereocenters. The molecule has 4 heteroatoms. The first-order valence-electron chi connectivity index (χ1n) is 5.39. The van der Waals surface area contributed by atoms with Crippen molar-refractivity contribution in [2.45, 2.75) is 45.7 Å². The molecule has 0 aromatic carbocycles. The molecule has 1 fully saturated rings. The first kappa shape index (κ1) is 11.4. The standard InChI is InChI=1S/C11H17ClN2S/c1-11(2)4-3-8(5-11)13-7-10-14-6-9(12)15-10/h6,8,13H,3-5,7H2,1-2H3. The molecule has 1 aliphatic carbocycles. The first-order chi connectivity index (χ1) is 7.05. The van der Waals surface area contributed by atoms with Gasteiger partial charge in [-0.15, -0.1) is 11.3 Å². The van der Waals surface area contributed by atoms with Gasteiger partial charge in [0, 0.05) is 12.6 Å². The minimum Gasteiger partial charge on any atom is -0.308 e. The maximum atomic E-state index is 5.83. The van der Waals surface area contributed by atoms with Gasteiger partial charge in [0.05, 0.1) is 6.20 Å². The maximum absolute atomic E-state index is 5.83. The van der Waals surface area contributed by atoms with Crippen LogP contribution in [0, 0.1) is 5.41 Å². The highest BCUT2D eigenvalue weighted by Crippen LogP contribution is 2.37. The predicted molar refractivity (Wildman–Crippen MR) is 65.4 cm³/mol. The Balaban J connectivity index is 1.80. The molecule has 1 N–H and O–H groups in total. The van der Waals surface area contributed by atoms with Crippen LogP contribution in [0.25, 0.3) is 0 Å². The number of hydrogen-bond acceptors (Lipinski definition) is 3. The summed E-state index contributed by atoms with van der Waals surface area (Å²) in [7, 11) is 0. The summed E-state index contributed by atoms with van der Waals surface area (Å²) in [5.41, 5.74) is 0.512. The summed E-state index contributed by atoms with van der Waals surface area (Å²) in [4.78, 5) is 4.24. The number of halogens is 1.